The minimum atomic E-state index is -0.847. The van der Waals surface area contributed by atoms with Crippen molar-refractivity contribution in [1.29, 1.82) is 0 Å². The van der Waals surface area contributed by atoms with Gasteiger partial charge in [-0.1, -0.05) is 5.16 Å². The molecule has 1 fully saturated rings. The molecule has 3 heterocycles. The summed E-state index contributed by atoms with van der Waals surface area (Å²) in [7, 11) is 0. The number of benzene rings is 1. The maximum Gasteiger partial charge on any atom is 0.256 e. The SMILES string of the molecule is O=C(c1ccc(F)cc1F)N1CCC(c2nc(-c3cccnc3)no2)CC1. The van der Waals surface area contributed by atoms with Crippen LogP contribution in [0.5, 0.6) is 0 Å². The molecule has 0 spiro atoms. The van der Waals surface area contributed by atoms with Crippen molar-refractivity contribution >= 4 is 5.91 Å². The van der Waals surface area contributed by atoms with Gasteiger partial charge in [0.2, 0.25) is 11.7 Å². The van der Waals surface area contributed by atoms with Crippen molar-refractivity contribution in [3.63, 3.8) is 0 Å². The van der Waals surface area contributed by atoms with Gasteiger partial charge in [0, 0.05) is 43.0 Å². The van der Waals surface area contributed by atoms with Gasteiger partial charge in [0.1, 0.15) is 11.6 Å². The van der Waals surface area contributed by atoms with Gasteiger partial charge in [-0.15, -0.1) is 0 Å². The van der Waals surface area contributed by atoms with E-state index in [4.69, 9.17) is 4.52 Å². The minimum absolute atomic E-state index is 0.0324. The van der Waals surface area contributed by atoms with Gasteiger partial charge in [-0.05, 0) is 37.1 Å². The quantitative estimate of drug-likeness (QED) is 0.706. The van der Waals surface area contributed by atoms with Gasteiger partial charge in [0.05, 0.1) is 5.56 Å². The largest absolute Gasteiger partial charge is 0.339 e. The normalized spacial score (nSPS) is 15.1. The van der Waals surface area contributed by atoms with Gasteiger partial charge in [-0.3, -0.25) is 9.78 Å². The molecule has 1 aliphatic heterocycles. The van der Waals surface area contributed by atoms with E-state index in [-0.39, 0.29) is 11.5 Å². The highest BCUT2D eigenvalue weighted by atomic mass is 19.1. The van der Waals surface area contributed by atoms with Gasteiger partial charge in [0.15, 0.2) is 0 Å². The summed E-state index contributed by atoms with van der Waals surface area (Å²) in [6, 6.07) is 6.63. The summed E-state index contributed by atoms with van der Waals surface area (Å²) < 4.78 is 32.2. The predicted octanol–water partition coefficient (Wildman–Crippen LogP) is 3.43. The molecule has 1 aliphatic rings. The minimum Gasteiger partial charge on any atom is -0.339 e. The van der Waals surface area contributed by atoms with Crippen LogP contribution in [0, 0.1) is 11.6 Å². The van der Waals surface area contributed by atoms with E-state index >= 15 is 0 Å². The molecule has 1 aromatic carbocycles. The monoisotopic (exact) mass is 370 g/mol. The van der Waals surface area contributed by atoms with Crippen molar-refractivity contribution in [3.05, 3.63) is 65.8 Å². The molecule has 0 bridgehead atoms. The molecule has 4 rings (SSSR count). The molecule has 6 nitrogen and oxygen atoms in total. The number of nitrogens with zero attached hydrogens (tertiary/aromatic N) is 4. The Labute approximate surface area is 153 Å². The first-order valence-electron chi connectivity index (χ1n) is 8.60. The fourth-order valence-corrected chi connectivity index (χ4v) is 3.18. The molecule has 0 radical (unpaired) electrons. The Morgan fingerprint density at radius 1 is 1.19 bits per heavy atom. The number of amides is 1. The number of rotatable bonds is 3. The third kappa shape index (κ3) is 3.55. The summed E-state index contributed by atoms with van der Waals surface area (Å²) in [6.45, 7) is 0.871. The van der Waals surface area contributed by atoms with Gasteiger partial charge in [-0.2, -0.15) is 4.98 Å². The van der Waals surface area contributed by atoms with Crippen LogP contribution in [0.15, 0.2) is 47.2 Å². The van der Waals surface area contributed by atoms with Gasteiger partial charge < -0.3 is 9.42 Å². The Hall–Kier alpha value is -3.16. The van der Waals surface area contributed by atoms with Crippen LogP contribution < -0.4 is 0 Å². The molecular formula is C19H16F2N4O2. The summed E-state index contributed by atoms with van der Waals surface area (Å²) in [5.41, 5.74) is 0.651. The van der Waals surface area contributed by atoms with Crippen LogP contribution in [0.25, 0.3) is 11.4 Å². The second-order valence-corrected chi connectivity index (χ2v) is 6.39. The van der Waals surface area contributed by atoms with E-state index in [0.29, 0.717) is 37.6 Å². The zero-order valence-corrected chi connectivity index (χ0v) is 14.3. The molecule has 27 heavy (non-hydrogen) atoms. The number of hydrogen-bond donors (Lipinski definition) is 0. The van der Waals surface area contributed by atoms with Gasteiger partial charge in [0.25, 0.3) is 5.91 Å². The summed E-state index contributed by atoms with van der Waals surface area (Å²) in [6.07, 6.45) is 4.58. The van der Waals surface area contributed by atoms with Crippen molar-refractivity contribution in [2.75, 3.05) is 13.1 Å². The third-order valence-electron chi connectivity index (χ3n) is 4.65. The van der Waals surface area contributed by atoms with Crippen LogP contribution in [0.1, 0.15) is 35.0 Å². The summed E-state index contributed by atoms with van der Waals surface area (Å²) in [5.74, 6) is -0.958. The second-order valence-electron chi connectivity index (χ2n) is 6.39. The smallest absolute Gasteiger partial charge is 0.256 e. The molecule has 8 heteroatoms. The number of pyridine rings is 1. The lowest BCUT2D eigenvalue weighted by molar-refractivity contribution is 0.0699. The Balaban J connectivity index is 1.42. The fourth-order valence-electron chi connectivity index (χ4n) is 3.18. The first-order chi connectivity index (χ1) is 13.1. The molecular weight excluding hydrogens is 354 g/mol. The van der Waals surface area contributed by atoms with Crippen LogP contribution in [0.4, 0.5) is 8.78 Å². The molecule has 0 unspecified atom stereocenters. The Morgan fingerprint density at radius 3 is 2.70 bits per heavy atom. The number of likely N-dealkylation sites (tertiary alicyclic amines) is 1. The molecule has 3 aromatic rings. The molecule has 1 amide bonds. The molecule has 1 saturated heterocycles. The van der Waals surface area contributed by atoms with E-state index in [1.807, 2.05) is 6.07 Å². The van der Waals surface area contributed by atoms with Crippen LogP contribution in [-0.4, -0.2) is 39.0 Å². The number of carbonyl (C=O) groups is 1. The summed E-state index contributed by atoms with van der Waals surface area (Å²) >= 11 is 0. The zero-order chi connectivity index (χ0) is 18.8. The van der Waals surface area contributed by atoms with E-state index in [1.54, 1.807) is 23.4 Å². The molecule has 138 valence electrons. The van der Waals surface area contributed by atoms with Crippen LogP contribution in [-0.2, 0) is 0 Å². The molecule has 2 aromatic heterocycles. The Morgan fingerprint density at radius 2 is 2.00 bits per heavy atom. The van der Waals surface area contributed by atoms with Crippen molar-refractivity contribution in [1.82, 2.24) is 20.0 Å². The summed E-state index contributed by atoms with van der Waals surface area (Å²) in [5, 5.41) is 3.99. The predicted molar refractivity (Wildman–Crippen MR) is 91.8 cm³/mol. The van der Waals surface area contributed by atoms with Crippen molar-refractivity contribution < 1.29 is 18.1 Å². The fraction of sp³-hybridized carbons (Fsp3) is 0.263. The van der Waals surface area contributed by atoms with E-state index in [2.05, 4.69) is 15.1 Å². The van der Waals surface area contributed by atoms with Crippen LogP contribution in [0.2, 0.25) is 0 Å². The van der Waals surface area contributed by atoms with E-state index in [0.717, 1.165) is 17.7 Å². The average molecular weight is 370 g/mol. The number of halogens is 2. The average Bonchev–Trinajstić information content (AvgIpc) is 3.19. The lowest BCUT2D eigenvalue weighted by Crippen LogP contribution is -2.38. The Bertz CT molecular complexity index is 953. The van der Waals surface area contributed by atoms with E-state index in [1.165, 1.54) is 6.07 Å². The first-order valence-corrected chi connectivity index (χ1v) is 8.60. The number of piperidine rings is 1. The van der Waals surface area contributed by atoms with Gasteiger partial charge in [-0.25, -0.2) is 8.78 Å². The highest BCUT2D eigenvalue weighted by Gasteiger charge is 2.29. The van der Waals surface area contributed by atoms with Crippen LogP contribution >= 0.6 is 0 Å². The summed E-state index contributed by atoms with van der Waals surface area (Å²) in [4.78, 5) is 22.5. The lowest BCUT2D eigenvalue weighted by Gasteiger charge is -2.30. The maximum atomic E-state index is 13.8. The van der Waals surface area contributed by atoms with Crippen molar-refractivity contribution in [2.45, 2.75) is 18.8 Å². The standard InChI is InChI=1S/C19H16F2N4O2/c20-14-3-4-15(16(21)10-14)19(26)25-8-5-12(6-9-25)18-23-17(24-27-18)13-2-1-7-22-11-13/h1-4,7,10-12H,5-6,8-9H2. The first kappa shape index (κ1) is 17.3. The molecule has 0 N–H and O–H groups in total. The third-order valence-corrected chi connectivity index (χ3v) is 4.65. The van der Waals surface area contributed by atoms with E-state index < -0.39 is 17.5 Å². The van der Waals surface area contributed by atoms with Crippen LogP contribution in [0.3, 0.4) is 0 Å². The highest BCUT2D eigenvalue weighted by Crippen LogP contribution is 2.29. The second kappa shape index (κ2) is 7.22. The van der Waals surface area contributed by atoms with Gasteiger partial charge >= 0.3 is 0 Å². The van der Waals surface area contributed by atoms with E-state index in [9.17, 15) is 13.6 Å². The Kier molecular flexibility index (Phi) is 4.62. The lowest BCUT2D eigenvalue weighted by atomic mass is 9.96. The highest BCUT2D eigenvalue weighted by molar-refractivity contribution is 5.94. The zero-order valence-electron chi connectivity index (χ0n) is 14.3. The topological polar surface area (TPSA) is 72.1 Å². The molecule has 0 atom stereocenters. The number of hydrogen-bond acceptors (Lipinski definition) is 5. The van der Waals surface area contributed by atoms with Crippen molar-refractivity contribution in [2.24, 2.45) is 0 Å². The number of aromatic nitrogens is 3. The number of carbonyl (C=O) groups excluding carboxylic acids is 1. The molecule has 0 aliphatic carbocycles. The molecule has 0 saturated carbocycles. The maximum absolute atomic E-state index is 13.8. The van der Waals surface area contributed by atoms with Crippen molar-refractivity contribution in [3.8, 4) is 11.4 Å².